The zero-order valence-corrected chi connectivity index (χ0v) is 20.3. The summed E-state index contributed by atoms with van der Waals surface area (Å²) < 4.78 is 9.10. The molecule has 2 N–H and O–H groups in total. The molecule has 182 valence electrons. The molecule has 1 aromatic heterocycles. The molecule has 0 fully saturated rings. The van der Waals surface area contributed by atoms with Crippen LogP contribution in [0.15, 0.2) is 57.8 Å². The zero-order valence-electron chi connectivity index (χ0n) is 19.5. The van der Waals surface area contributed by atoms with E-state index in [1.165, 1.54) is 4.57 Å². The Hall–Kier alpha value is -2.97. The third kappa shape index (κ3) is 4.79. The highest BCUT2D eigenvalue weighted by Crippen LogP contribution is 2.34. The summed E-state index contributed by atoms with van der Waals surface area (Å²) in [6.07, 6.45) is 7.78. The highest BCUT2D eigenvalue weighted by atomic mass is 35.5. The lowest BCUT2D eigenvalue weighted by Crippen LogP contribution is -2.43. The van der Waals surface area contributed by atoms with Gasteiger partial charge < -0.3 is 20.1 Å². The van der Waals surface area contributed by atoms with E-state index >= 15 is 0 Å². The first kappa shape index (κ1) is 24.2. The molecule has 2 aromatic rings. The van der Waals surface area contributed by atoms with Crippen molar-refractivity contribution in [1.82, 2.24) is 9.13 Å². The van der Waals surface area contributed by atoms with E-state index in [2.05, 4.69) is 24.4 Å². The van der Waals surface area contributed by atoms with Gasteiger partial charge in [0.2, 0.25) is 0 Å². The molecule has 2 unspecified atom stereocenters. The van der Waals surface area contributed by atoms with Crippen LogP contribution in [0.25, 0.3) is 0 Å². The Balaban J connectivity index is 1.78. The van der Waals surface area contributed by atoms with Crippen LogP contribution < -0.4 is 21.5 Å². The van der Waals surface area contributed by atoms with Crippen LogP contribution in [0.4, 0.5) is 11.5 Å². The second-order valence-corrected chi connectivity index (χ2v) is 8.94. The van der Waals surface area contributed by atoms with Gasteiger partial charge in [-0.25, -0.2) is 4.79 Å². The van der Waals surface area contributed by atoms with Crippen molar-refractivity contribution in [3.63, 3.8) is 0 Å². The Morgan fingerprint density at radius 3 is 2.62 bits per heavy atom. The zero-order chi connectivity index (χ0) is 24.2. The quantitative estimate of drug-likeness (QED) is 0.562. The van der Waals surface area contributed by atoms with Crippen molar-refractivity contribution >= 4 is 23.1 Å². The number of hydrogen-bond donors (Lipinski definition) is 2. The maximum Gasteiger partial charge on any atom is 0.332 e. The largest absolute Gasteiger partial charge is 0.453 e. The molecule has 9 heteroatoms. The third-order valence-electron chi connectivity index (χ3n) is 6.25. The Labute approximate surface area is 203 Å². The maximum atomic E-state index is 13.5. The molecule has 1 aliphatic carbocycles. The van der Waals surface area contributed by atoms with E-state index in [1.54, 1.807) is 4.57 Å². The van der Waals surface area contributed by atoms with E-state index in [1.807, 2.05) is 42.2 Å². The average Bonchev–Trinajstić information content (AvgIpc) is 3.18. The van der Waals surface area contributed by atoms with Gasteiger partial charge >= 0.3 is 5.69 Å². The number of halogens is 1. The number of fused-ring (bicyclic) bond motifs is 1. The van der Waals surface area contributed by atoms with Crippen molar-refractivity contribution in [2.75, 3.05) is 16.8 Å². The van der Waals surface area contributed by atoms with Gasteiger partial charge in [0, 0.05) is 31.3 Å². The van der Waals surface area contributed by atoms with Gasteiger partial charge in [-0.2, -0.15) is 0 Å². The van der Waals surface area contributed by atoms with Crippen LogP contribution in [0.1, 0.15) is 38.7 Å². The number of aromatic nitrogens is 2. The second kappa shape index (κ2) is 10.5. The van der Waals surface area contributed by atoms with Gasteiger partial charge in [-0.15, -0.1) is 0 Å². The highest BCUT2D eigenvalue weighted by Gasteiger charge is 2.37. The molecule has 0 saturated carbocycles. The number of anilines is 2. The molecule has 0 saturated heterocycles. The summed E-state index contributed by atoms with van der Waals surface area (Å²) in [6.45, 7) is 4.81. The summed E-state index contributed by atoms with van der Waals surface area (Å²) in [5.74, 6) is 1.58. The molecule has 2 aliphatic rings. The van der Waals surface area contributed by atoms with Crippen LogP contribution >= 0.6 is 11.6 Å². The fraction of sp³-hybridized carbons (Fsp3) is 0.440. The lowest BCUT2D eigenvalue weighted by molar-refractivity contribution is 0.144. The number of rotatable bonds is 9. The first-order valence-corrected chi connectivity index (χ1v) is 12.2. The fourth-order valence-corrected chi connectivity index (χ4v) is 4.50. The molecular formula is C25H31ClN4O4. The number of hydrogen-bond acceptors (Lipinski definition) is 6. The lowest BCUT2D eigenvalue weighted by Gasteiger charge is -2.28. The summed E-state index contributed by atoms with van der Waals surface area (Å²) in [4.78, 5) is 28.5. The van der Waals surface area contributed by atoms with Gasteiger partial charge in [-0.05, 0) is 62.0 Å². The molecule has 8 nitrogen and oxygen atoms in total. The van der Waals surface area contributed by atoms with Gasteiger partial charge in [0.1, 0.15) is 17.3 Å². The molecule has 2 heterocycles. The normalized spacial score (nSPS) is 19.1. The van der Waals surface area contributed by atoms with Gasteiger partial charge in [0.25, 0.3) is 11.9 Å². The van der Waals surface area contributed by atoms with Crippen LogP contribution in [0, 0.1) is 5.92 Å². The van der Waals surface area contributed by atoms with Gasteiger partial charge in [-0.1, -0.05) is 36.7 Å². The minimum atomic E-state index is -0.671. The van der Waals surface area contributed by atoms with Crippen molar-refractivity contribution in [1.29, 1.82) is 0 Å². The summed E-state index contributed by atoms with van der Waals surface area (Å²) in [5, 5.41) is 13.2. The number of aliphatic hydroxyl groups excluding tert-OH is 1. The maximum absolute atomic E-state index is 13.5. The summed E-state index contributed by atoms with van der Waals surface area (Å²) in [6, 6.07) is 7.43. The number of aliphatic hydroxyl groups is 1. The molecule has 0 radical (unpaired) electrons. The molecule has 0 spiro atoms. The Morgan fingerprint density at radius 1 is 1.18 bits per heavy atom. The van der Waals surface area contributed by atoms with E-state index < -0.39 is 17.6 Å². The second-order valence-electron chi connectivity index (χ2n) is 8.50. The lowest BCUT2D eigenvalue weighted by atomic mass is 9.97. The standard InChI is InChI=1S/C25H31ClN4O4/c1-3-17-7-5-8-20(15-17)34-24-27-22-21(30(24)16-18-9-11-19(26)12-10-18)23(32)29(13-6-14-31)25(33)28(22)4-2/h5,8-12,15,17,24,27,31H,3-4,6-7,13-14,16H2,1-2H3. The van der Waals surface area contributed by atoms with Crippen LogP contribution in [-0.4, -0.2) is 27.2 Å². The van der Waals surface area contributed by atoms with Crippen molar-refractivity contribution in [3.8, 4) is 0 Å². The monoisotopic (exact) mass is 486 g/mol. The smallest absolute Gasteiger partial charge is 0.332 e. The van der Waals surface area contributed by atoms with Crippen LogP contribution in [0.2, 0.25) is 5.02 Å². The van der Waals surface area contributed by atoms with E-state index in [-0.39, 0.29) is 13.2 Å². The Kier molecular flexibility index (Phi) is 7.48. The topological polar surface area (TPSA) is 88.7 Å². The number of nitrogens with zero attached hydrogens (tertiary/aromatic N) is 3. The first-order valence-electron chi connectivity index (χ1n) is 11.8. The van der Waals surface area contributed by atoms with Crippen LogP contribution in [-0.2, 0) is 24.4 Å². The van der Waals surface area contributed by atoms with E-state index in [9.17, 15) is 14.7 Å². The first-order chi connectivity index (χ1) is 16.5. The minimum Gasteiger partial charge on any atom is -0.453 e. The molecule has 1 aliphatic heterocycles. The molecule has 0 amide bonds. The van der Waals surface area contributed by atoms with E-state index in [0.717, 1.165) is 24.2 Å². The Bertz CT molecular complexity index is 1200. The van der Waals surface area contributed by atoms with E-state index in [4.69, 9.17) is 16.3 Å². The van der Waals surface area contributed by atoms with Gasteiger partial charge in [0.15, 0.2) is 0 Å². The van der Waals surface area contributed by atoms with Crippen molar-refractivity contribution < 1.29 is 9.84 Å². The summed E-state index contributed by atoms with van der Waals surface area (Å²) in [7, 11) is 0. The molecule has 0 bridgehead atoms. The van der Waals surface area contributed by atoms with Gasteiger partial charge in [-0.3, -0.25) is 13.9 Å². The molecule has 2 atom stereocenters. The SMILES string of the molecule is CCC1C=C(OC2Nc3c(c(=O)n(CCCO)c(=O)n3CC)N2Cc2ccc(Cl)cc2)C=CC1. The van der Waals surface area contributed by atoms with Crippen molar-refractivity contribution in [2.24, 2.45) is 5.92 Å². The number of allylic oxidation sites excluding steroid dienone is 3. The minimum absolute atomic E-state index is 0.105. The predicted molar refractivity (Wildman–Crippen MR) is 134 cm³/mol. The molecule has 34 heavy (non-hydrogen) atoms. The average molecular weight is 487 g/mol. The molecule has 1 aromatic carbocycles. The van der Waals surface area contributed by atoms with E-state index in [0.29, 0.717) is 42.0 Å². The summed E-state index contributed by atoms with van der Waals surface area (Å²) >= 11 is 6.07. The van der Waals surface area contributed by atoms with Crippen molar-refractivity contribution in [3.05, 3.63) is 79.7 Å². The number of nitrogens with one attached hydrogen (secondary N) is 1. The van der Waals surface area contributed by atoms with Crippen molar-refractivity contribution in [2.45, 2.75) is 59.1 Å². The Morgan fingerprint density at radius 2 is 1.94 bits per heavy atom. The predicted octanol–water partition coefficient (Wildman–Crippen LogP) is 3.67. The molecule has 4 rings (SSSR count). The van der Waals surface area contributed by atoms with Gasteiger partial charge in [0.05, 0.1) is 0 Å². The van der Waals surface area contributed by atoms with Crippen LogP contribution in [0.5, 0.6) is 0 Å². The highest BCUT2D eigenvalue weighted by molar-refractivity contribution is 6.30. The number of benzene rings is 1. The fourth-order valence-electron chi connectivity index (χ4n) is 4.37. The third-order valence-corrected chi connectivity index (χ3v) is 6.50. The number of ether oxygens (including phenoxy) is 1. The van der Waals surface area contributed by atoms with Crippen LogP contribution in [0.3, 0.4) is 0 Å². The molecular weight excluding hydrogens is 456 g/mol. The summed E-state index contributed by atoms with van der Waals surface area (Å²) in [5.41, 5.74) is 0.530.